The van der Waals surface area contributed by atoms with Gasteiger partial charge in [0.15, 0.2) is 0 Å². The molecule has 1 aromatic heterocycles. The van der Waals surface area contributed by atoms with Gasteiger partial charge < -0.3 is 4.74 Å². The number of amides is 4. The fourth-order valence-corrected chi connectivity index (χ4v) is 2.92. The monoisotopic (exact) mass is 310 g/mol. The van der Waals surface area contributed by atoms with Crippen molar-refractivity contribution in [1.82, 2.24) is 5.32 Å². The second-order valence-electron chi connectivity index (χ2n) is 4.82. The van der Waals surface area contributed by atoms with Crippen molar-refractivity contribution in [1.29, 1.82) is 0 Å². The van der Waals surface area contributed by atoms with E-state index in [1.165, 1.54) is 13.2 Å². The number of nitrogens with one attached hydrogen (secondary N) is 1. The van der Waals surface area contributed by atoms with E-state index in [0.29, 0.717) is 0 Å². The highest BCUT2D eigenvalue weighted by atomic mass is 32.1. The molecule has 0 saturated carbocycles. The lowest BCUT2D eigenvalue weighted by molar-refractivity contribution is -0.136. The molecule has 1 saturated heterocycles. The summed E-state index contributed by atoms with van der Waals surface area (Å²) in [5.74, 6) is -3.13. The molecule has 0 aliphatic carbocycles. The van der Waals surface area contributed by atoms with Gasteiger partial charge in [0, 0.05) is 0 Å². The van der Waals surface area contributed by atoms with Gasteiger partial charge in [-0.15, -0.1) is 11.3 Å². The third kappa shape index (κ3) is 2.54. The number of ether oxygens (including phenoxy) is 1. The van der Waals surface area contributed by atoms with E-state index in [1.807, 2.05) is 0 Å². The summed E-state index contributed by atoms with van der Waals surface area (Å²) in [6.45, 7) is 3.43. The van der Waals surface area contributed by atoms with E-state index in [2.05, 4.69) is 10.1 Å². The summed E-state index contributed by atoms with van der Waals surface area (Å²) in [4.78, 5) is 48.8. The number of nitrogens with zero attached hydrogens (tertiary/aromatic N) is 1. The van der Waals surface area contributed by atoms with Crippen molar-refractivity contribution in [3.05, 3.63) is 16.3 Å². The van der Waals surface area contributed by atoms with Crippen molar-refractivity contribution in [2.45, 2.75) is 13.8 Å². The molecule has 1 unspecified atom stereocenters. The van der Waals surface area contributed by atoms with Gasteiger partial charge in [0.25, 0.3) is 0 Å². The number of methoxy groups -OCH3 is 1. The van der Waals surface area contributed by atoms with Crippen LogP contribution in [-0.2, 0) is 14.3 Å². The zero-order valence-corrected chi connectivity index (χ0v) is 12.5. The number of urea groups is 1. The molecule has 4 amide bonds. The highest BCUT2D eigenvalue weighted by molar-refractivity contribution is 7.12. The zero-order chi connectivity index (χ0) is 15.7. The topological polar surface area (TPSA) is 92.8 Å². The van der Waals surface area contributed by atoms with Gasteiger partial charge in [0.1, 0.15) is 10.8 Å². The number of imide groups is 2. The number of carbonyl (C=O) groups is 4. The van der Waals surface area contributed by atoms with Gasteiger partial charge in [0.05, 0.1) is 12.8 Å². The SMILES string of the molecule is COC(=O)c1sccc1N1C(=O)NC(=O)C(C(C)C)C1=O. The van der Waals surface area contributed by atoms with Gasteiger partial charge in [0.2, 0.25) is 11.8 Å². The van der Waals surface area contributed by atoms with Crippen LogP contribution < -0.4 is 10.2 Å². The number of esters is 1. The molecule has 2 rings (SSSR count). The molecule has 1 N–H and O–H groups in total. The minimum Gasteiger partial charge on any atom is -0.465 e. The molecule has 7 nitrogen and oxygen atoms in total. The molecular weight excluding hydrogens is 296 g/mol. The van der Waals surface area contributed by atoms with E-state index >= 15 is 0 Å². The standard InChI is InChI=1S/C13H14N2O5S/c1-6(2)8-10(16)14-13(19)15(11(8)17)7-4-5-21-9(7)12(18)20-3/h4-6,8H,1-3H3,(H,14,16,19). The Morgan fingerprint density at radius 2 is 2.05 bits per heavy atom. The van der Waals surface area contributed by atoms with Crippen molar-refractivity contribution >= 4 is 40.8 Å². The molecule has 1 aliphatic heterocycles. The average Bonchev–Trinajstić information content (AvgIpc) is 2.85. The number of thiophene rings is 1. The van der Waals surface area contributed by atoms with Gasteiger partial charge in [-0.25, -0.2) is 14.5 Å². The van der Waals surface area contributed by atoms with Crippen LogP contribution in [0, 0.1) is 11.8 Å². The van der Waals surface area contributed by atoms with Crippen LogP contribution in [0.3, 0.4) is 0 Å². The van der Waals surface area contributed by atoms with Crippen LogP contribution in [0.5, 0.6) is 0 Å². The van der Waals surface area contributed by atoms with Crippen LogP contribution in [0.2, 0.25) is 0 Å². The highest BCUT2D eigenvalue weighted by Crippen LogP contribution is 2.31. The van der Waals surface area contributed by atoms with E-state index in [9.17, 15) is 19.2 Å². The van der Waals surface area contributed by atoms with Crippen molar-refractivity contribution < 1.29 is 23.9 Å². The Bertz CT molecular complexity index is 622. The summed E-state index contributed by atoms with van der Waals surface area (Å²) >= 11 is 1.06. The first kappa shape index (κ1) is 15.2. The summed E-state index contributed by atoms with van der Waals surface area (Å²) in [7, 11) is 1.21. The first-order valence-electron chi connectivity index (χ1n) is 6.23. The van der Waals surface area contributed by atoms with Gasteiger partial charge in [-0.3, -0.25) is 14.9 Å². The number of barbiturate groups is 1. The first-order chi connectivity index (χ1) is 9.88. The van der Waals surface area contributed by atoms with Crippen molar-refractivity contribution in [2.75, 3.05) is 12.0 Å². The van der Waals surface area contributed by atoms with Crippen LogP contribution in [-0.4, -0.2) is 30.9 Å². The lowest BCUT2D eigenvalue weighted by Gasteiger charge is -2.31. The third-order valence-electron chi connectivity index (χ3n) is 3.12. The Morgan fingerprint density at radius 3 is 2.62 bits per heavy atom. The Balaban J connectivity index is 2.45. The minimum atomic E-state index is -0.965. The quantitative estimate of drug-likeness (QED) is 0.672. The maximum atomic E-state index is 12.4. The Hall–Kier alpha value is -2.22. The van der Waals surface area contributed by atoms with Crippen molar-refractivity contribution in [2.24, 2.45) is 11.8 Å². The molecule has 0 spiro atoms. The van der Waals surface area contributed by atoms with Gasteiger partial charge in [-0.1, -0.05) is 13.8 Å². The zero-order valence-electron chi connectivity index (χ0n) is 11.7. The van der Waals surface area contributed by atoms with E-state index < -0.39 is 29.7 Å². The lowest BCUT2D eigenvalue weighted by Crippen LogP contribution is -2.59. The van der Waals surface area contributed by atoms with Crippen LogP contribution in [0.1, 0.15) is 23.5 Å². The van der Waals surface area contributed by atoms with E-state index in [-0.39, 0.29) is 16.5 Å². The molecule has 8 heteroatoms. The fourth-order valence-electron chi connectivity index (χ4n) is 2.13. The number of rotatable bonds is 3. The van der Waals surface area contributed by atoms with Crippen LogP contribution in [0.4, 0.5) is 10.5 Å². The Labute approximate surface area is 124 Å². The largest absolute Gasteiger partial charge is 0.465 e. The van der Waals surface area contributed by atoms with Crippen molar-refractivity contribution in [3.63, 3.8) is 0 Å². The number of anilines is 1. The predicted octanol–water partition coefficient (Wildman–Crippen LogP) is 1.39. The van der Waals surface area contributed by atoms with E-state index in [4.69, 9.17) is 0 Å². The van der Waals surface area contributed by atoms with E-state index in [0.717, 1.165) is 16.2 Å². The van der Waals surface area contributed by atoms with Crippen LogP contribution in [0.25, 0.3) is 0 Å². The first-order valence-corrected chi connectivity index (χ1v) is 7.11. The maximum Gasteiger partial charge on any atom is 0.350 e. The van der Waals surface area contributed by atoms with Crippen LogP contribution in [0.15, 0.2) is 11.4 Å². The second kappa shape index (κ2) is 5.65. The summed E-state index contributed by atoms with van der Waals surface area (Å²) in [5.41, 5.74) is 0.132. The summed E-state index contributed by atoms with van der Waals surface area (Å²) in [6.07, 6.45) is 0. The number of hydrogen-bond acceptors (Lipinski definition) is 6. The minimum absolute atomic E-state index is 0.132. The molecule has 0 aromatic carbocycles. The molecule has 0 bridgehead atoms. The lowest BCUT2D eigenvalue weighted by atomic mass is 9.92. The molecule has 21 heavy (non-hydrogen) atoms. The number of carbonyl (C=O) groups excluding carboxylic acids is 4. The summed E-state index contributed by atoms with van der Waals surface area (Å²) in [5, 5.41) is 3.72. The van der Waals surface area contributed by atoms with Gasteiger partial charge in [-0.2, -0.15) is 0 Å². The Morgan fingerprint density at radius 1 is 1.38 bits per heavy atom. The second-order valence-corrected chi connectivity index (χ2v) is 5.73. The van der Waals surface area contributed by atoms with Gasteiger partial charge >= 0.3 is 12.0 Å². The fraction of sp³-hybridized carbons (Fsp3) is 0.385. The smallest absolute Gasteiger partial charge is 0.350 e. The molecule has 2 heterocycles. The van der Waals surface area contributed by atoms with E-state index in [1.54, 1.807) is 19.2 Å². The molecule has 112 valence electrons. The number of hydrogen-bond donors (Lipinski definition) is 1. The molecule has 1 aromatic rings. The molecule has 0 radical (unpaired) electrons. The normalized spacial score (nSPS) is 19.0. The average molecular weight is 310 g/mol. The molecule has 1 atom stereocenters. The maximum absolute atomic E-state index is 12.4. The van der Waals surface area contributed by atoms with Crippen molar-refractivity contribution in [3.8, 4) is 0 Å². The molecule has 1 fully saturated rings. The van der Waals surface area contributed by atoms with Gasteiger partial charge in [-0.05, 0) is 17.4 Å². The Kier molecular flexibility index (Phi) is 4.08. The summed E-state index contributed by atoms with van der Waals surface area (Å²) < 4.78 is 4.63. The highest BCUT2D eigenvalue weighted by Gasteiger charge is 2.44. The predicted molar refractivity (Wildman–Crippen MR) is 75.0 cm³/mol. The van der Waals surface area contributed by atoms with Crippen LogP contribution >= 0.6 is 11.3 Å². The summed E-state index contributed by atoms with van der Waals surface area (Å²) in [6, 6.07) is 0.618. The molecular formula is C13H14N2O5S. The molecule has 1 aliphatic rings. The third-order valence-corrected chi connectivity index (χ3v) is 4.01.